The van der Waals surface area contributed by atoms with Crippen LogP contribution in [-0.2, 0) is 5.41 Å². The largest absolute Gasteiger partial charge is 0.346 e. The Morgan fingerprint density at radius 2 is 1.68 bits per heavy atom. The van der Waals surface area contributed by atoms with E-state index in [-0.39, 0.29) is 11.2 Å². The van der Waals surface area contributed by atoms with E-state index in [1.54, 1.807) is 11.8 Å². The quantitative estimate of drug-likeness (QED) is 0.663. The zero-order valence-electron chi connectivity index (χ0n) is 12.9. The van der Waals surface area contributed by atoms with E-state index in [1.165, 1.54) is 11.3 Å². The standard InChI is InChI=1S/C19H17NOS/c1-19(2)13-9-5-6-10-14(13)20(3)18(19)17-16(21)12-8-4-7-11-15(12)22-17/h4-11H,1-3H3/b18-17+. The molecule has 0 atom stereocenters. The van der Waals surface area contributed by atoms with Gasteiger partial charge in [-0.15, -0.1) is 0 Å². The van der Waals surface area contributed by atoms with Crippen LogP contribution in [-0.4, -0.2) is 12.8 Å². The lowest BCUT2D eigenvalue weighted by Crippen LogP contribution is -2.25. The molecule has 0 unspecified atom stereocenters. The fourth-order valence-corrected chi connectivity index (χ4v) is 4.90. The van der Waals surface area contributed by atoms with Gasteiger partial charge < -0.3 is 4.90 Å². The molecule has 2 aliphatic heterocycles. The molecule has 0 N–H and O–H groups in total. The molecule has 2 aromatic rings. The molecule has 0 spiro atoms. The number of likely N-dealkylation sites (N-methyl/N-ethyl adjacent to an activating group) is 1. The van der Waals surface area contributed by atoms with E-state index in [0.29, 0.717) is 0 Å². The Bertz CT molecular complexity index is 835. The first-order valence-corrected chi connectivity index (χ1v) is 8.23. The van der Waals surface area contributed by atoms with E-state index in [9.17, 15) is 4.79 Å². The summed E-state index contributed by atoms with van der Waals surface area (Å²) in [7, 11) is 2.06. The van der Waals surface area contributed by atoms with E-state index < -0.39 is 0 Å². The van der Waals surface area contributed by atoms with Gasteiger partial charge in [0.2, 0.25) is 5.78 Å². The van der Waals surface area contributed by atoms with Gasteiger partial charge in [0.05, 0.1) is 4.91 Å². The Labute approximate surface area is 134 Å². The zero-order valence-corrected chi connectivity index (χ0v) is 13.7. The number of hydrogen-bond acceptors (Lipinski definition) is 3. The number of nitrogens with zero attached hydrogens (tertiary/aromatic N) is 1. The first-order valence-electron chi connectivity index (χ1n) is 7.41. The molecule has 110 valence electrons. The number of benzene rings is 2. The number of carbonyl (C=O) groups is 1. The van der Waals surface area contributed by atoms with Crippen molar-refractivity contribution in [1.82, 2.24) is 0 Å². The van der Waals surface area contributed by atoms with E-state index in [4.69, 9.17) is 0 Å². The lowest BCUT2D eigenvalue weighted by Gasteiger charge is -2.25. The van der Waals surface area contributed by atoms with Crippen molar-refractivity contribution in [2.24, 2.45) is 0 Å². The average molecular weight is 307 g/mol. The van der Waals surface area contributed by atoms with Gasteiger partial charge in [-0.2, -0.15) is 0 Å². The minimum Gasteiger partial charge on any atom is -0.346 e. The Kier molecular flexibility index (Phi) is 2.79. The molecule has 0 fully saturated rings. The molecule has 0 bridgehead atoms. The van der Waals surface area contributed by atoms with Gasteiger partial charge in [0.25, 0.3) is 0 Å². The zero-order chi connectivity index (χ0) is 15.5. The Morgan fingerprint density at radius 1 is 1.00 bits per heavy atom. The molecule has 0 amide bonds. The second kappa shape index (κ2) is 4.50. The minimum atomic E-state index is -0.161. The van der Waals surface area contributed by atoms with E-state index >= 15 is 0 Å². The van der Waals surface area contributed by atoms with Crippen molar-refractivity contribution in [3.63, 3.8) is 0 Å². The lowest BCUT2D eigenvalue weighted by atomic mass is 9.83. The van der Waals surface area contributed by atoms with Crippen molar-refractivity contribution < 1.29 is 4.79 Å². The van der Waals surface area contributed by atoms with E-state index in [1.807, 2.05) is 24.3 Å². The van der Waals surface area contributed by atoms with Gasteiger partial charge in [-0.3, -0.25) is 4.79 Å². The smallest absolute Gasteiger partial charge is 0.202 e. The number of ketones is 1. The van der Waals surface area contributed by atoms with Gasteiger partial charge in [0.1, 0.15) is 0 Å². The summed E-state index contributed by atoms with van der Waals surface area (Å²) in [4.78, 5) is 17.0. The van der Waals surface area contributed by atoms with Gasteiger partial charge in [-0.25, -0.2) is 0 Å². The molecule has 3 heteroatoms. The van der Waals surface area contributed by atoms with Crippen LogP contribution in [0.15, 0.2) is 64.0 Å². The fraction of sp³-hybridized carbons (Fsp3) is 0.211. The molecule has 0 radical (unpaired) electrons. The number of anilines is 1. The van der Waals surface area contributed by atoms with Crippen molar-refractivity contribution in [3.8, 4) is 0 Å². The summed E-state index contributed by atoms with van der Waals surface area (Å²) in [5.74, 6) is 0.156. The third-order valence-corrected chi connectivity index (χ3v) is 5.79. The highest BCUT2D eigenvalue weighted by Crippen LogP contribution is 2.52. The van der Waals surface area contributed by atoms with Gasteiger partial charge in [0.15, 0.2) is 0 Å². The SMILES string of the molecule is CN1/C(=C2/Sc3ccccc3C2=O)C(C)(C)c2ccccc21. The first kappa shape index (κ1) is 13.6. The number of fused-ring (bicyclic) bond motifs is 2. The maximum absolute atomic E-state index is 12.9. The molecule has 0 saturated heterocycles. The number of rotatable bonds is 0. The lowest BCUT2D eigenvalue weighted by molar-refractivity contribution is 0.104. The number of allylic oxidation sites excluding steroid dienone is 2. The second-order valence-corrected chi connectivity index (χ2v) is 7.36. The number of hydrogen-bond donors (Lipinski definition) is 0. The molecule has 22 heavy (non-hydrogen) atoms. The first-order chi connectivity index (χ1) is 10.5. The van der Waals surface area contributed by atoms with Crippen molar-refractivity contribution in [2.75, 3.05) is 11.9 Å². The summed E-state index contributed by atoms with van der Waals surface area (Å²) in [5, 5.41) is 0. The molecule has 2 nitrogen and oxygen atoms in total. The van der Waals surface area contributed by atoms with Crippen LogP contribution in [0.3, 0.4) is 0 Å². The number of thioether (sulfide) groups is 1. The molecular weight excluding hydrogens is 290 g/mol. The number of para-hydroxylation sites is 1. The second-order valence-electron chi connectivity index (χ2n) is 6.31. The summed E-state index contributed by atoms with van der Waals surface area (Å²) in [6.07, 6.45) is 0. The van der Waals surface area contributed by atoms with Gasteiger partial charge in [-0.1, -0.05) is 55.9 Å². The maximum Gasteiger partial charge on any atom is 0.202 e. The minimum absolute atomic E-state index is 0.156. The summed E-state index contributed by atoms with van der Waals surface area (Å²) >= 11 is 1.61. The summed E-state index contributed by atoms with van der Waals surface area (Å²) in [5.41, 5.74) is 4.25. The third-order valence-electron chi connectivity index (χ3n) is 4.63. The Morgan fingerprint density at radius 3 is 2.41 bits per heavy atom. The number of Topliss-reactive ketones (excluding diaryl/α,β-unsaturated/α-hetero) is 1. The van der Waals surface area contributed by atoms with Crippen LogP contribution in [0.4, 0.5) is 5.69 Å². The summed E-state index contributed by atoms with van der Waals surface area (Å²) in [6.45, 7) is 4.41. The molecular formula is C19H17NOS. The maximum atomic E-state index is 12.9. The molecule has 2 heterocycles. The van der Waals surface area contributed by atoms with Crippen LogP contribution in [0.1, 0.15) is 29.8 Å². The van der Waals surface area contributed by atoms with Crippen LogP contribution in [0.25, 0.3) is 0 Å². The van der Waals surface area contributed by atoms with Crippen LogP contribution in [0, 0.1) is 0 Å². The highest BCUT2D eigenvalue weighted by Gasteiger charge is 2.43. The van der Waals surface area contributed by atoms with Crippen LogP contribution in [0.2, 0.25) is 0 Å². The monoisotopic (exact) mass is 307 g/mol. The fourth-order valence-electron chi connectivity index (χ4n) is 3.58. The van der Waals surface area contributed by atoms with Gasteiger partial charge >= 0.3 is 0 Å². The molecule has 0 saturated carbocycles. The van der Waals surface area contributed by atoms with Crippen molar-refractivity contribution in [3.05, 3.63) is 70.3 Å². The number of carbonyl (C=O) groups excluding carboxylic acids is 1. The Balaban J connectivity index is 1.93. The van der Waals surface area contributed by atoms with E-state index in [2.05, 4.69) is 50.1 Å². The van der Waals surface area contributed by atoms with Crippen molar-refractivity contribution in [2.45, 2.75) is 24.2 Å². The molecule has 2 aromatic carbocycles. The van der Waals surface area contributed by atoms with Gasteiger partial charge in [-0.05, 0) is 23.8 Å². The molecule has 4 rings (SSSR count). The normalized spacial score (nSPS) is 22.0. The predicted octanol–water partition coefficient (Wildman–Crippen LogP) is 4.61. The average Bonchev–Trinajstić information content (AvgIpc) is 2.94. The van der Waals surface area contributed by atoms with Crippen molar-refractivity contribution >= 4 is 23.2 Å². The summed E-state index contributed by atoms with van der Waals surface area (Å²) in [6, 6.07) is 16.3. The van der Waals surface area contributed by atoms with E-state index in [0.717, 1.165) is 21.1 Å². The topological polar surface area (TPSA) is 20.3 Å². The van der Waals surface area contributed by atoms with Crippen molar-refractivity contribution in [1.29, 1.82) is 0 Å². The Hall–Kier alpha value is -2.00. The molecule has 0 aliphatic carbocycles. The highest BCUT2D eigenvalue weighted by molar-refractivity contribution is 8.04. The van der Waals surface area contributed by atoms with Gasteiger partial charge in [0, 0.05) is 34.3 Å². The predicted molar refractivity (Wildman–Crippen MR) is 91.5 cm³/mol. The van der Waals surface area contributed by atoms with Crippen LogP contribution in [0.5, 0.6) is 0 Å². The third kappa shape index (κ3) is 1.66. The summed E-state index contributed by atoms with van der Waals surface area (Å²) < 4.78 is 0. The molecule has 0 aromatic heterocycles. The highest BCUT2D eigenvalue weighted by atomic mass is 32.2. The van der Waals surface area contributed by atoms with Crippen LogP contribution < -0.4 is 4.90 Å². The van der Waals surface area contributed by atoms with Crippen LogP contribution >= 0.6 is 11.8 Å². The molecule has 2 aliphatic rings.